The van der Waals surface area contributed by atoms with E-state index < -0.39 is 0 Å². The number of anilines is 2. The molecule has 1 aromatic rings. The van der Waals surface area contributed by atoms with Crippen molar-refractivity contribution in [2.45, 2.75) is 32.6 Å². The molecular weight excluding hydrogens is 231 g/mol. The van der Waals surface area contributed by atoms with Gasteiger partial charge >= 0.3 is 0 Å². The smallest absolute Gasteiger partial charge is 0.224 e. The molecule has 0 amide bonds. The number of hydrogen-bond donors (Lipinski definition) is 1. The highest BCUT2D eigenvalue weighted by Gasteiger charge is 2.22. The van der Waals surface area contributed by atoms with E-state index in [2.05, 4.69) is 22.2 Å². The van der Waals surface area contributed by atoms with Gasteiger partial charge in [-0.05, 0) is 18.8 Å². The Hall–Kier alpha value is -1.39. The van der Waals surface area contributed by atoms with Crippen molar-refractivity contribution in [3.8, 4) is 0 Å². The maximum Gasteiger partial charge on any atom is 0.224 e. The average Bonchev–Trinajstić information content (AvgIpc) is 2.41. The Labute approximate surface area is 108 Å². The SMILES string of the molecule is CCCC1CCN(c2nc(NC)ncc2F)CC1. The van der Waals surface area contributed by atoms with Crippen LogP contribution in [-0.2, 0) is 0 Å². The third-order valence-electron chi connectivity index (χ3n) is 3.56. The van der Waals surface area contributed by atoms with Crippen molar-refractivity contribution in [2.75, 3.05) is 30.4 Å². The lowest BCUT2D eigenvalue weighted by molar-refractivity contribution is 0.375. The van der Waals surface area contributed by atoms with Crippen LogP contribution >= 0.6 is 0 Å². The molecule has 100 valence electrons. The molecule has 0 saturated carbocycles. The van der Waals surface area contributed by atoms with Gasteiger partial charge in [-0.2, -0.15) is 4.98 Å². The lowest BCUT2D eigenvalue weighted by Gasteiger charge is -2.32. The number of nitrogens with one attached hydrogen (secondary N) is 1. The first-order valence-electron chi connectivity index (χ1n) is 6.69. The molecule has 0 spiro atoms. The molecule has 0 aliphatic carbocycles. The number of rotatable bonds is 4. The molecule has 2 heterocycles. The molecular formula is C13H21FN4. The Morgan fingerprint density at radius 3 is 2.78 bits per heavy atom. The molecule has 0 atom stereocenters. The number of piperidine rings is 1. The third-order valence-corrected chi connectivity index (χ3v) is 3.56. The summed E-state index contributed by atoms with van der Waals surface area (Å²) < 4.78 is 13.7. The van der Waals surface area contributed by atoms with Gasteiger partial charge in [0.1, 0.15) is 0 Å². The largest absolute Gasteiger partial charge is 0.357 e. The molecule has 4 nitrogen and oxygen atoms in total. The van der Waals surface area contributed by atoms with E-state index in [9.17, 15) is 4.39 Å². The fraction of sp³-hybridized carbons (Fsp3) is 0.692. The second kappa shape index (κ2) is 5.98. The zero-order valence-electron chi connectivity index (χ0n) is 11.1. The van der Waals surface area contributed by atoms with E-state index in [1.54, 1.807) is 7.05 Å². The van der Waals surface area contributed by atoms with E-state index in [1.807, 2.05) is 4.90 Å². The van der Waals surface area contributed by atoms with Gasteiger partial charge in [-0.15, -0.1) is 0 Å². The first kappa shape index (κ1) is 13.1. The van der Waals surface area contributed by atoms with Crippen molar-refractivity contribution in [1.29, 1.82) is 0 Å². The van der Waals surface area contributed by atoms with Gasteiger partial charge in [-0.3, -0.25) is 0 Å². The summed E-state index contributed by atoms with van der Waals surface area (Å²) >= 11 is 0. The summed E-state index contributed by atoms with van der Waals surface area (Å²) in [6.45, 7) is 4.00. The maximum atomic E-state index is 13.7. The Balaban J connectivity index is 2.04. The minimum absolute atomic E-state index is 0.331. The average molecular weight is 252 g/mol. The van der Waals surface area contributed by atoms with Crippen LogP contribution in [0.25, 0.3) is 0 Å². The van der Waals surface area contributed by atoms with Gasteiger partial charge in [0.2, 0.25) is 5.95 Å². The standard InChI is InChI=1S/C13H21FN4/c1-3-4-10-5-7-18(8-6-10)12-11(14)9-16-13(15-2)17-12/h9-10H,3-8H2,1-2H3,(H,15,16,17). The summed E-state index contributed by atoms with van der Waals surface area (Å²) in [4.78, 5) is 10.1. The summed E-state index contributed by atoms with van der Waals surface area (Å²) in [6.07, 6.45) is 6.02. The van der Waals surface area contributed by atoms with Crippen molar-refractivity contribution in [1.82, 2.24) is 9.97 Å². The Bertz CT molecular complexity index is 389. The first-order valence-corrected chi connectivity index (χ1v) is 6.69. The second-order valence-corrected chi connectivity index (χ2v) is 4.83. The van der Waals surface area contributed by atoms with Crippen molar-refractivity contribution in [3.05, 3.63) is 12.0 Å². The van der Waals surface area contributed by atoms with Crippen LogP contribution in [0.1, 0.15) is 32.6 Å². The van der Waals surface area contributed by atoms with E-state index in [-0.39, 0.29) is 5.82 Å². The monoisotopic (exact) mass is 252 g/mol. The molecule has 5 heteroatoms. The topological polar surface area (TPSA) is 41.1 Å². The molecule has 1 aliphatic heterocycles. The summed E-state index contributed by atoms with van der Waals surface area (Å²) in [5, 5.41) is 2.85. The predicted octanol–water partition coefficient (Wildman–Crippen LogP) is 2.67. The van der Waals surface area contributed by atoms with Gasteiger partial charge in [-0.25, -0.2) is 9.37 Å². The van der Waals surface area contributed by atoms with Gasteiger partial charge < -0.3 is 10.2 Å². The lowest BCUT2D eigenvalue weighted by atomic mass is 9.92. The van der Waals surface area contributed by atoms with Crippen LogP contribution in [0.5, 0.6) is 0 Å². The van der Waals surface area contributed by atoms with Crippen molar-refractivity contribution in [2.24, 2.45) is 5.92 Å². The third kappa shape index (κ3) is 2.89. The molecule has 0 unspecified atom stereocenters. The normalized spacial score (nSPS) is 16.9. The van der Waals surface area contributed by atoms with Crippen LogP contribution < -0.4 is 10.2 Å². The van der Waals surface area contributed by atoms with Gasteiger partial charge in [0.15, 0.2) is 11.6 Å². The first-order chi connectivity index (χ1) is 8.74. The van der Waals surface area contributed by atoms with E-state index in [1.165, 1.54) is 19.0 Å². The maximum absolute atomic E-state index is 13.7. The molecule has 1 fully saturated rings. The van der Waals surface area contributed by atoms with Crippen LogP contribution in [0.2, 0.25) is 0 Å². The molecule has 0 bridgehead atoms. The van der Waals surface area contributed by atoms with Crippen LogP contribution in [-0.4, -0.2) is 30.1 Å². The quantitative estimate of drug-likeness (QED) is 0.894. The molecule has 1 saturated heterocycles. The molecule has 2 rings (SSSR count). The Kier molecular flexibility index (Phi) is 4.33. The Morgan fingerprint density at radius 2 is 2.17 bits per heavy atom. The van der Waals surface area contributed by atoms with Crippen molar-refractivity contribution >= 4 is 11.8 Å². The highest BCUT2D eigenvalue weighted by atomic mass is 19.1. The lowest BCUT2D eigenvalue weighted by Crippen LogP contribution is -2.35. The molecule has 0 aromatic carbocycles. The number of aromatic nitrogens is 2. The zero-order chi connectivity index (χ0) is 13.0. The molecule has 1 N–H and O–H groups in total. The van der Waals surface area contributed by atoms with E-state index >= 15 is 0 Å². The summed E-state index contributed by atoms with van der Waals surface area (Å²) in [5.74, 6) is 1.37. The number of hydrogen-bond acceptors (Lipinski definition) is 4. The van der Waals surface area contributed by atoms with Crippen LogP contribution in [0.4, 0.5) is 16.2 Å². The molecule has 1 aromatic heterocycles. The van der Waals surface area contributed by atoms with Gasteiger partial charge in [0.05, 0.1) is 6.20 Å². The molecule has 1 aliphatic rings. The minimum atomic E-state index is -0.331. The summed E-state index contributed by atoms with van der Waals surface area (Å²) in [6, 6.07) is 0. The van der Waals surface area contributed by atoms with Crippen LogP contribution in [0.3, 0.4) is 0 Å². The highest BCUT2D eigenvalue weighted by molar-refractivity contribution is 5.44. The summed E-state index contributed by atoms with van der Waals surface area (Å²) in [5.41, 5.74) is 0. The fourth-order valence-electron chi connectivity index (χ4n) is 2.54. The predicted molar refractivity (Wildman–Crippen MR) is 71.4 cm³/mol. The minimum Gasteiger partial charge on any atom is -0.357 e. The molecule has 0 radical (unpaired) electrons. The number of halogens is 1. The van der Waals surface area contributed by atoms with E-state index in [4.69, 9.17) is 0 Å². The van der Waals surface area contributed by atoms with Gasteiger partial charge in [0, 0.05) is 20.1 Å². The van der Waals surface area contributed by atoms with Crippen LogP contribution in [0.15, 0.2) is 6.20 Å². The van der Waals surface area contributed by atoms with E-state index in [0.29, 0.717) is 11.8 Å². The van der Waals surface area contributed by atoms with Crippen molar-refractivity contribution < 1.29 is 4.39 Å². The van der Waals surface area contributed by atoms with Crippen molar-refractivity contribution in [3.63, 3.8) is 0 Å². The van der Waals surface area contributed by atoms with E-state index in [0.717, 1.165) is 31.8 Å². The number of nitrogens with zero attached hydrogens (tertiary/aromatic N) is 3. The highest BCUT2D eigenvalue weighted by Crippen LogP contribution is 2.26. The Morgan fingerprint density at radius 1 is 1.44 bits per heavy atom. The van der Waals surface area contributed by atoms with Gasteiger partial charge in [0.25, 0.3) is 0 Å². The molecule has 18 heavy (non-hydrogen) atoms. The van der Waals surface area contributed by atoms with Gasteiger partial charge in [-0.1, -0.05) is 19.8 Å². The zero-order valence-corrected chi connectivity index (χ0v) is 11.1. The second-order valence-electron chi connectivity index (χ2n) is 4.83. The fourth-order valence-corrected chi connectivity index (χ4v) is 2.54. The van der Waals surface area contributed by atoms with Crippen LogP contribution in [0, 0.1) is 11.7 Å². The summed E-state index contributed by atoms with van der Waals surface area (Å²) in [7, 11) is 1.74.